The number of nitrogens with zero attached hydrogens (tertiary/aromatic N) is 1. The van der Waals surface area contributed by atoms with Crippen molar-refractivity contribution in [3.63, 3.8) is 0 Å². The molecule has 8 nitrogen and oxygen atoms in total. The van der Waals surface area contributed by atoms with Crippen molar-refractivity contribution in [1.82, 2.24) is 0 Å². The Labute approximate surface area is 231 Å². The van der Waals surface area contributed by atoms with E-state index >= 15 is 0 Å². The van der Waals surface area contributed by atoms with E-state index in [0.717, 1.165) is 18.7 Å². The maximum atomic E-state index is 12.3. The summed E-state index contributed by atoms with van der Waals surface area (Å²) in [5.74, 6) is 0.0479. The van der Waals surface area contributed by atoms with Crippen molar-refractivity contribution in [3.8, 4) is 5.75 Å². The second-order valence-electron chi connectivity index (χ2n) is 11.4. The van der Waals surface area contributed by atoms with Crippen molar-refractivity contribution in [3.05, 3.63) is 23.8 Å². The van der Waals surface area contributed by atoms with Crippen LogP contribution in [0.15, 0.2) is 18.2 Å². The van der Waals surface area contributed by atoms with Crippen LogP contribution in [0.4, 0.5) is 5.69 Å². The summed E-state index contributed by atoms with van der Waals surface area (Å²) < 4.78 is 22.4. The van der Waals surface area contributed by atoms with Gasteiger partial charge in [-0.1, -0.05) is 90.4 Å². The third-order valence-electron chi connectivity index (χ3n) is 6.43. The van der Waals surface area contributed by atoms with Gasteiger partial charge in [0.1, 0.15) is 12.3 Å². The quantitative estimate of drug-likeness (QED) is 0.0426. The molecule has 9 heteroatoms. The minimum Gasteiger partial charge on any atom is -0.457 e. The predicted molar refractivity (Wildman–Crippen MR) is 156 cm³/mol. The van der Waals surface area contributed by atoms with E-state index in [-0.39, 0.29) is 18.1 Å². The Morgan fingerprint density at radius 3 is 1.84 bits per heavy atom. The number of unbranched alkanes of at least 4 members (excludes halogenated alkanes) is 13. The fourth-order valence-corrected chi connectivity index (χ4v) is 4.82. The molecular weight excluding hydrogens is 503 g/mol. The molecule has 1 unspecified atom stereocenters. The number of ketones is 1. The van der Waals surface area contributed by atoms with Crippen molar-refractivity contribution in [2.75, 3.05) is 39.5 Å². The van der Waals surface area contributed by atoms with Gasteiger partial charge in [0, 0.05) is 12.2 Å². The van der Waals surface area contributed by atoms with Gasteiger partial charge in [-0.25, -0.2) is 9.09 Å². The number of ether oxygens (including phenoxy) is 1. The zero-order valence-electron chi connectivity index (χ0n) is 24.5. The highest BCUT2D eigenvalue weighted by atomic mass is 31.2. The lowest BCUT2D eigenvalue weighted by Gasteiger charge is -2.29. The highest BCUT2D eigenvalue weighted by Gasteiger charge is 2.29. The van der Waals surface area contributed by atoms with Gasteiger partial charge in [0.25, 0.3) is 6.29 Å². The van der Waals surface area contributed by atoms with E-state index in [1.807, 2.05) is 27.2 Å². The molecule has 0 saturated heterocycles. The van der Waals surface area contributed by atoms with Gasteiger partial charge in [-0.05, 0) is 31.5 Å². The maximum absolute atomic E-state index is 12.3. The lowest BCUT2D eigenvalue weighted by molar-refractivity contribution is -0.875. The molecule has 0 fully saturated rings. The van der Waals surface area contributed by atoms with Crippen molar-refractivity contribution in [2.24, 2.45) is 0 Å². The van der Waals surface area contributed by atoms with Gasteiger partial charge < -0.3 is 24.3 Å². The molecule has 0 aliphatic rings. The fourth-order valence-electron chi connectivity index (χ4n) is 4.40. The van der Waals surface area contributed by atoms with Crippen LogP contribution in [-0.4, -0.2) is 60.6 Å². The molecule has 0 amide bonds. The first-order chi connectivity index (χ1) is 17.9. The van der Waals surface area contributed by atoms with Gasteiger partial charge in [-0.2, -0.15) is 0 Å². The highest BCUT2D eigenvalue weighted by molar-refractivity contribution is 7.46. The minimum atomic E-state index is -4.77. The number of anilines is 1. The zero-order chi connectivity index (χ0) is 28.4. The van der Waals surface area contributed by atoms with E-state index in [1.165, 1.54) is 90.4 Å². The van der Waals surface area contributed by atoms with E-state index in [4.69, 9.17) is 9.26 Å². The van der Waals surface area contributed by atoms with Crippen LogP contribution in [0.3, 0.4) is 0 Å². The number of phosphoric ester groups is 1. The number of rotatable bonds is 23. The monoisotopic (exact) mass is 557 g/mol. The average Bonchev–Trinajstić information content (AvgIpc) is 2.80. The Morgan fingerprint density at radius 2 is 1.39 bits per heavy atom. The lowest BCUT2D eigenvalue weighted by atomic mass is 10.0. The topological polar surface area (TPSA) is 105 Å². The summed E-state index contributed by atoms with van der Waals surface area (Å²) in [5.41, 5.74) is 1.16. The average molecular weight is 558 g/mol. The number of carbonyl (C=O) groups is 1. The first-order valence-electron chi connectivity index (χ1n) is 14.5. The number of hydrogen-bond donors (Lipinski definition) is 3. The summed E-state index contributed by atoms with van der Waals surface area (Å²) in [6.07, 6.45) is 17.3. The van der Waals surface area contributed by atoms with Gasteiger partial charge in [-0.3, -0.25) is 4.79 Å². The number of likely N-dealkylation sites (N-methyl/N-ethyl adjacent to an activating group) is 1. The summed E-state index contributed by atoms with van der Waals surface area (Å²) in [4.78, 5) is 30.8. The first-order valence-corrected chi connectivity index (χ1v) is 16.0. The summed E-state index contributed by atoms with van der Waals surface area (Å²) in [6, 6.07) is 5.18. The van der Waals surface area contributed by atoms with Gasteiger partial charge in [-0.15, -0.1) is 0 Å². The Kier molecular flexibility index (Phi) is 17.1. The molecule has 0 bridgehead atoms. The van der Waals surface area contributed by atoms with Crippen LogP contribution in [0, 0.1) is 0 Å². The molecule has 0 radical (unpaired) electrons. The fraction of sp³-hybridized carbons (Fsp3) is 0.759. The number of benzene rings is 1. The molecule has 1 rings (SSSR count). The third kappa shape index (κ3) is 18.0. The molecule has 0 aliphatic heterocycles. The second kappa shape index (κ2) is 18.8. The molecule has 0 spiro atoms. The summed E-state index contributed by atoms with van der Waals surface area (Å²) in [6.45, 7) is 4.71. The number of nitrogens with one attached hydrogen (secondary N) is 1. The smallest absolute Gasteiger partial charge is 0.457 e. The van der Waals surface area contributed by atoms with Gasteiger partial charge >= 0.3 is 7.82 Å². The molecule has 1 atom stereocenters. The number of Topliss-reactive ketones (excluding diaryl/α,β-unsaturated/α-hetero) is 1. The normalized spacial score (nSPS) is 12.9. The molecule has 3 N–H and O–H groups in total. The summed E-state index contributed by atoms with van der Waals surface area (Å²) >= 11 is 0. The van der Waals surface area contributed by atoms with Crippen molar-refractivity contribution in [2.45, 2.75) is 110 Å². The van der Waals surface area contributed by atoms with Crippen molar-refractivity contribution in [1.29, 1.82) is 0 Å². The number of hydrogen-bond acceptors (Lipinski definition) is 5. The Balaban J connectivity index is 2.37. The van der Waals surface area contributed by atoms with Crippen molar-refractivity contribution < 1.29 is 32.9 Å². The largest absolute Gasteiger partial charge is 0.472 e. The molecule has 0 aromatic heterocycles. The van der Waals surface area contributed by atoms with E-state index in [9.17, 15) is 19.1 Å². The van der Waals surface area contributed by atoms with Gasteiger partial charge in [0.05, 0.1) is 26.7 Å². The Bertz CT molecular complexity index is 837. The molecular formula is C29H54N2O6P+. The number of carbonyl (C=O) groups excluding carboxylic acids is 1. The van der Waals surface area contributed by atoms with E-state index in [1.54, 1.807) is 12.1 Å². The molecule has 0 saturated carbocycles. The number of phosphoric acid groups is 1. The predicted octanol–water partition coefficient (Wildman–Crippen LogP) is 7.30. The second-order valence-corrected chi connectivity index (χ2v) is 12.6. The standard InChI is InChI=1S/C29H53N2O6P/c1-6-7-8-9-10-11-12-13-14-15-16-17-18-19-22-30-26-20-21-28(27(23-26)25(2)32)36-29(24-31(3,4)5)37-38(33,34)35/h20-21,23,29-30H,6-19,22,24H2,1-5H3,(H-,33,34,35)/p+1. The van der Waals surface area contributed by atoms with Crippen molar-refractivity contribution >= 4 is 19.3 Å². The van der Waals surface area contributed by atoms with Crippen LogP contribution in [0.25, 0.3) is 0 Å². The highest BCUT2D eigenvalue weighted by Crippen LogP contribution is 2.39. The van der Waals surface area contributed by atoms with Gasteiger partial charge in [0.15, 0.2) is 5.78 Å². The Morgan fingerprint density at radius 1 is 0.895 bits per heavy atom. The molecule has 1 aromatic carbocycles. The SMILES string of the molecule is CCCCCCCCCCCCCCCCNc1ccc(OC(C[N+](C)(C)C)OP(=O)(O)O)c(C(C)=O)c1. The first kappa shape index (κ1) is 34.6. The van der Waals surface area contributed by atoms with E-state index in [2.05, 4.69) is 12.2 Å². The lowest BCUT2D eigenvalue weighted by Crippen LogP contribution is -2.44. The van der Waals surface area contributed by atoms with Crippen LogP contribution in [-0.2, 0) is 9.09 Å². The minimum absolute atomic E-state index is 0.182. The summed E-state index contributed by atoms with van der Waals surface area (Å²) in [7, 11) is 0.804. The zero-order valence-corrected chi connectivity index (χ0v) is 25.4. The van der Waals surface area contributed by atoms with Crippen LogP contribution < -0.4 is 10.1 Å². The molecule has 0 heterocycles. The van der Waals surface area contributed by atoms with Crippen LogP contribution in [0.1, 0.15) is 114 Å². The molecule has 0 aliphatic carbocycles. The Hall–Kier alpha value is -1.44. The third-order valence-corrected chi connectivity index (χ3v) is 6.94. The molecule has 220 valence electrons. The maximum Gasteiger partial charge on any atom is 0.472 e. The van der Waals surface area contributed by atoms with Crippen LogP contribution >= 0.6 is 7.82 Å². The number of quaternary nitrogens is 1. The summed E-state index contributed by atoms with van der Waals surface area (Å²) in [5, 5.41) is 3.37. The van der Waals surface area contributed by atoms with Gasteiger partial charge in [0.2, 0.25) is 0 Å². The molecule has 1 aromatic rings. The van der Waals surface area contributed by atoms with E-state index < -0.39 is 14.1 Å². The van der Waals surface area contributed by atoms with E-state index in [0.29, 0.717) is 10.0 Å². The van der Waals surface area contributed by atoms with Crippen LogP contribution in [0.2, 0.25) is 0 Å². The van der Waals surface area contributed by atoms with Crippen LogP contribution in [0.5, 0.6) is 5.75 Å². The molecule has 38 heavy (non-hydrogen) atoms.